The van der Waals surface area contributed by atoms with E-state index in [-0.39, 0.29) is 5.78 Å². The summed E-state index contributed by atoms with van der Waals surface area (Å²) >= 11 is 0. The molecule has 142 valence electrons. The maximum absolute atomic E-state index is 12.4. The molecule has 0 N–H and O–H groups in total. The van der Waals surface area contributed by atoms with E-state index in [0.29, 0.717) is 23.7 Å². The van der Waals surface area contributed by atoms with Gasteiger partial charge in [0.1, 0.15) is 12.4 Å². The Morgan fingerprint density at radius 2 is 1.57 bits per heavy atom. The van der Waals surface area contributed by atoms with Crippen LogP contribution in [0, 0.1) is 0 Å². The standard InChI is InChI=1S/C24H22O4/c1-26-23-15-9-18(16-24(23)27-2)8-14-22(25)20-10-12-21(13-11-20)28-17-19-6-4-3-5-7-19/h3-16H,17H2,1-2H3/b14-8+. The van der Waals surface area contributed by atoms with E-state index in [1.165, 1.54) is 0 Å². The molecular weight excluding hydrogens is 352 g/mol. The Hall–Kier alpha value is -3.53. The van der Waals surface area contributed by atoms with Crippen molar-refractivity contribution >= 4 is 11.9 Å². The Balaban J connectivity index is 1.62. The molecule has 4 nitrogen and oxygen atoms in total. The molecule has 0 aromatic heterocycles. The van der Waals surface area contributed by atoms with Gasteiger partial charge in [0.2, 0.25) is 0 Å². The highest BCUT2D eigenvalue weighted by Gasteiger charge is 2.05. The Morgan fingerprint density at radius 3 is 2.25 bits per heavy atom. The third kappa shape index (κ3) is 5.01. The SMILES string of the molecule is COc1ccc(/C=C/C(=O)c2ccc(OCc3ccccc3)cc2)cc1OC. The molecule has 28 heavy (non-hydrogen) atoms. The van der Waals surface area contributed by atoms with Crippen molar-refractivity contribution in [2.45, 2.75) is 6.61 Å². The Morgan fingerprint density at radius 1 is 0.857 bits per heavy atom. The van der Waals surface area contributed by atoms with Crippen molar-refractivity contribution in [1.29, 1.82) is 0 Å². The van der Waals surface area contributed by atoms with E-state index in [2.05, 4.69) is 0 Å². The summed E-state index contributed by atoms with van der Waals surface area (Å²) in [5, 5.41) is 0. The molecule has 3 aromatic rings. The molecule has 0 spiro atoms. The van der Waals surface area contributed by atoms with Gasteiger partial charge in [0, 0.05) is 5.56 Å². The topological polar surface area (TPSA) is 44.8 Å². The molecule has 0 aliphatic carbocycles. The molecule has 0 unspecified atom stereocenters. The van der Waals surface area contributed by atoms with Gasteiger partial charge in [-0.25, -0.2) is 0 Å². The lowest BCUT2D eigenvalue weighted by atomic mass is 10.1. The summed E-state index contributed by atoms with van der Waals surface area (Å²) in [6.45, 7) is 0.493. The number of ketones is 1. The molecule has 0 amide bonds. The van der Waals surface area contributed by atoms with Crippen molar-refractivity contribution in [1.82, 2.24) is 0 Å². The second-order valence-corrected chi connectivity index (χ2v) is 6.11. The van der Waals surface area contributed by atoms with Crippen molar-refractivity contribution in [3.8, 4) is 17.2 Å². The fraction of sp³-hybridized carbons (Fsp3) is 0.125. The fourth-order valence-corrected chi connectivity index (χ4v) is 2.68. The summed E-state index contributed by atoms with van der Waals surface area (Å²) in [6, 6.07) is 22.6. The second kappa shape index (κ2) is 9.42. The molecule has 0 aliphatic rings. The third-order valence-electron chi connectivity index (χ3n) is 4.22. The molecule has 0 radical (unpaired) electrons. The normalized spacial score (nSPS) is 10.6. The number of hydrogen-bond acceptors (Lipinski definition) is 4. The number of allylic oxidation sites excluding steroid dienone is 1. The number of rotatable bonds is 8. The minimum absolute atomic E-state index is 0.0793. The summed E-state index contributed by atoms with van der Waals surface area (Å²) in [5.74, 6) is 1.92. The van der Waals surface area contributed by atoms with Gasteiger partial charge in [0.05, 0.1) is 14.2 Å². The van der Waals surface area contributed by atoms with Crippen LogP contribution in [0.3, 0.4) is 0 Å². The van der Waals surface area contributed by atoms with E-state index in [1.54, 1.807) is 50.6 Å². The van der Waals surface area contributed by atoms with Gasteiger partial charge in [-0.05, 0) is 53.6 Å². The lowest BCUT2D eigenvalue weighted by molar-refractivity contribution is 0.104. The zero-order chi connectivity index (χ0) is 19.8. The smallest absolute Gasteiger partial charge is 0.185 e. The summed E-state index contributed by atoms with van der Waals surface area (Å²) in [7, 11) is 3.17. The van der Waals surface area contributed by atoms with Crippen LogP contribution in [0.2, 0.25) is 0 Å². The van der Waals surface area contributed by atoms with Crippen molar-refractivity contribution in [3.05, 3.63) is 95.6 Å². The van der Waals surface area contributed by atoms with Crippen LogP contribution in [0.15, 0.2) is 78.9 Å². The first-order chi connectivity index (χ1) is 13.7. The highest BCUT2D eigenvalue weighted by Crippen LogP contribution is 2.28. The van der Waals surface area contributed by atoms with Crippen molar-refractivity contribution < 1.29 is 19.0 Å². The molecule has 0 heterocycles. The average molecular weight is 374 g/mol. The summed E-state index contributed by atoms with van der Waals surface area (Å²) in [5.41, 5.74) is 2.55. The minimum Gasteiger partial charge on any atom is -0.493 e. The maximum Gasteiger partial charge on any atom is 0.185 e. The van der Waals surface area contributed by atoms with Gasteiger partial charge in [-0.1, -0.05) is 42.5 Å². The van der Waals surface area contributed by atoms with Crippen LogP contribution in [-0.4, -0.2) is 20.0 Å². The molecule has 3 rings (SSSR count). The number of benzene rings is 3. The highest BCUT2D eigenvalue weighted by molar-refractivity contribution is 6.06. The number of carbonyl (C=O) groups excluding carboxylic acids is 1. The number of carbonyl (C=O) groups is 1. The van der Waals surface area contributed by atoms with Crippen LogP contribution >= 0.6 is 0 Å². The molecule has 0 atom stereocenters. The van der Waals surface area contributed by atoms with Gasteiger partial charge in [-0.2, -0.15) is 0 Å². The van der Waals surface area contributed by atoms with Crippen LogP contribution in [0.4, 0.5) is 0 Å². The quantitative estimate of drug-likeness (QED) is 0.403. The van der Waals surface area contributed by atoms with Gasteiger partial charge >= 0.3 is 0 Å². The monoisotopic (exact) mass is 374 g/mol. The zero-order valence-electron chi connectivity index (χ0n) is 15.9. The van der Waals surface area contributed by atoms with E-state index >= 15 is 0 Å². The van der Waals surface area contributed by atoms with Crippen molar-refractivity contribution in [2.75, 3.05) is 14.2 Å². The largest absolute Gasteiger partial charge is 0.493 e. The first-order valence-electron chi connectivity index (χ1n) is 8.91. The molecule has 0 saturated carbocycles. The predicted octanol–water partition coefficient (Wildman–Crippen LogP) is 5.18. The Kier molecular flexibility index (Phi) is 6.47. The van der Waals surface area contributed by atoms with Gasteiger partial charge in [-0.3, -0.25) is 4.79 Å². The maximum atomic E-state index is 12.4. The van der Waals surface area contributed by atoms with Crippen LogP contribution in [0.25, 0.3) is 6.08 Å². The van der Waals surface area contributed by atoms with Gasteiger partial charge < -0.3 is 14.2 Å². The number of ether oxygens (including phenoxy) is 3. The first kappa shape index (κ1) is 19.2. The van der Waals surface area contributed by atoms with E-state index in [0.717, 1.165) is 16.9 Å². The van der Waals surface area contributed by atoms with Crippen molar-refractivity contribution in [2.24, 2.45) is 0 Å². The Bertz CT molecular complexity index is 944. The van der Waals surface area contributed by atoms with Crippen LogP contribution in [0.5, 0.6) is 17.2 Å². The lowest BCUT2D eigenvalue weighted by Gasteiger charge is -2.07. The average Bonchev–Trinajstić information content (AvgIpc) is 2.76. The molecule has 0 aliphatic heterocycles. The molecular formula is C24H22O4. The fourth-order valence-electron chi connectivity index (χ4n) is 2.68. The summed E-state index contributed by atoms with van der Waals surface area (Å²) in [6.07, 6.45) is 3.30. The molecule has 0 bridgehead atoms. The van der Waals surface area contributed by atoms with E-state index in [9.17, 15) is 4.79 Å². The second-order valence-electron chi connectivity index (χ2n) is 6.11. The van der Waals surface area contributed by atoms with Crippen molar-refractivity contribution in [3.63, 3.8) is 0 Å². The summed E-state index contributed by atoms with van der Waals surface area (Å²) < 4.78 is 16.2. The predicted molar refractivity (Wildman–Crippen MR) is 110 cm³/mol. The summed E-state index contributed by atoms with van der Waals surface area (Å²) in [4.78, 5) is 12.4. The van der Waals surface area contributed by atoms with E-state index < -0.39 is 0 Å². The van der Waals surface area contributed by atoms with Crippen LogP contribution < -0.4 is 14.2 Å². The van der Waals surface area contributed by atoms with E-state index in [4.69, 9.17) is 14.2 Å². The highest BCUT2D eigenvalue weighted by atomic mass is 16.5. The molecule has 0 saturated heterocycles. The number of hydrogen-bond donors (Lipinski definition) is 0. The molecule has 3 aromatic carbocycles. The molecule has 4 heteroatoms. The molecule has 0 fully saturated rings. The van der Waals surface area contributed by atoms with Crippen LogP contribution in [0.1, 0.15) is 21.5 Å². The third-order valence-corrected chi connectivity index (χ3v) is 4.22. The minimum atomic E-state index is -0.0793. The van der Waals surface area contributed by atoms with E-state index in [1.807, 2.05) is 48.5 Å². The first-order valence-corrected chi connectivity index (χ1v) is 8.91. The van der Waals surface area contributed by atoms with Crippen LogP contribution in [-0.2, 0) is 6.61 Å². The number of methoxy groups -OCH3 is 2. The zero-order valence-corrected chi connectivity index (χ0v) is 15.9. The Labute approximate surface area is 165 Å². The van der Waals surface area contributed by atoms with Gasteiger partial charge in [-0.15, -0.1) is 0 Å². The van der Waals surface area contributed by atoms with Gasteiger partial charge in [0.25, 0.3) is 0 Å². The lowest BCUT2D eigenvalue weighted by Crippen LogP contribution is -1.97. The van der Waals surface area contributed by atoms with Gasteiger partial charge in [0.15, 0.2) is 17.3 Å².